The highest BCUT2D eigenvalue weighted by molar-refractivity contribution is 6.32. The lowest BCUT2D eigenvalue weighted by atomic mass is 10.1. The minimum absolute atomic E-state index is 0.545. The molecular formula is C10H11ClO2. The van der Waals surface area contributed by atoms with E-state index >= 15 is 0 Å². The van der Waals surface area contributed by atoms with Crippen molar-refractivity contribution < 1.29 is 9.53 Å². The van der Waals surface area contributed by atoms with E-state index in [2.05, 4.69) is 0 Å². The van der Waals surface area contributed by atoms with Gasteiger partial charge in [-0.15, -0.1) is 0 Å². The van der Waals surface area contributed by atoms with Crippen LogP contribution < -0.4 is 4.74 Å². The van der Waals surface area contributed by atoms with E-state index < -0.39 is 0 Å². The summed E-state index contributed by atoms with van der Waals surface area (Å²) in [7, 11) is 0. The Morgan fingerprint density at radius 2 is 2.23 bits per heavy atom. The van der Waals surface area contributed by atoms with Crippen LogP contribution in [0.2, 0.25) is 5.02 Å². The first kappa shape index (κ1) is 10.1. The minimum atomic E-state index is 0.545. The van der Waals surface area contributed by atoms with Crippen molar-refractivity contribution in [1.29, 1.82) is 0 Å². The molecule has 0 amide bonds. The summed E-state index contributed by atoms with van der Waals surface area (Å²) in [6, 6.07) is 3.36. The van der Waals surface area contributed by atoms with E-state index in [4.69, 9.17) is 16.3 Å². The van der Waals surface area contributed by atoms with Crippen LogP contribution in [0.3, 0.4) is 0 Å². The maximum Gasteiger partial charge on any atom is 0.150 e. The van der Waals surface area contributed by atoms with Gasteiger partial charge in [0, 0.05) is 11.1 Å². The molecule has 0 bridgehead atoms. The highest BCUT2D eigenvalue weighted by Crippen LogP contribution is 2.29. The Kier molecular flexibility index (Phi) is 3.32. The molecule has 1 aromatic carbocycles. The third-order valence-corrected chi connectivity index (χ3v) is 2.11. The van der Waals surface area contributed by atoms with E-state index in [1.54, 1.807) is 12.1 Å². The van der Waals surface area contributed by atoms with Gasteiger partial charge >= 0.3 is 0 Å². The van der Waals surface area contributed by atoms with Gasteiger partial charge in [-0.2, -0.15) is 0 Å². The van der Waals surface area contributed by atoms with Gasteiger partial charge in [-0.1, -0.05) is 11.6 Å². The Hall–Kier alpha value is -1.02. The third kappa shape index (κ3) is 2.01. The molecule has 0 fully saturated rings. The molecule has 0 saturated heterocycles. The van der Waals surface area contributed by atoms with Crippen LogP contribution in [-0.2, 0) is 0 Å². The fourth-order valence-corrected chi connectivity index (χ4v) is 1.38. The quantitative estimate of drug-likeness (QED) is 0.699. The number of ether oxygens (including phenoxy) is 1. The summed E-state index contributed by atoms with van der Waals surface area (Å²) in [5.74, 6) is 0.605. The van der Waals surface area contributed by atoms with Crippen molar-refractivity contribution in [1.82, 2.24) is 0 Å². The van der Waals surface area contributed by atoms with Crippen molar-refractivity contribution in [2.45, 2.75) is 13.8 Å². The lowest BCUT2D eigenvalue weighted by Crippen LogP contribution is -1.97. The van der Waals surface area contributed by atoms with Gasteiger partial charge in [0.2, 0.25) is 0 Å². The maximum absolute atomic E-state index is 10.6. The van der Waals surface area contributed by atoms with Gasteiger partial charge in [0.05, 0.1) is 11.6 Å². The van der Waals surface area contributed by atoms with Crippen molar-refractivity contribution in [3.05, 3.63) is 28.3 Å². The molecular weight excluding hydrogens is 188 g/mol. The van der Waals surface area contributed by atoms with Crippen molar-refractivity contribution in [3.8, 4) is 5.75 Å². The molecule has 0 aliphatic heterocycles. The Morgan fingerprint density at radius 3 is 2.77 bits per heavy atom. The Bertz CT molecular complexity index is 321. The van der Waals surface area contributed by atoms with Crippen molar-refractivity contribution >= 4 is 17.9 Å². The third-order valence-electron chi connectivity index (χ3n) is 1.82. The topological polar surface area (TPSA) is 26.3 Å². The van der Waals surface area contributed by atoms with E-state index in [-0.39, 0.29) is 0 Å². The Balaban J connectivity index is 3.21. The first-order valence-electron chi connectivity index (χ1n) is 4.07. The number of carbonyl (C=O) groups is 1. The molecule has 3 heteroatoms. The highest BCUT2D eigenvalue weighted by Gasteiger charge is 2.08. The zero-order valence-corrected chi connectivity index (χ0v) is 8.39. The van der Waals surface area contributed by atoms with E-state index in [0.717, 1.165) is 11.8 Å². The zero-order chi connectivity index (χ0) is 9.84. The predicted molar refractivity (Wildman–Crippen MR) is 52.7 cm³/mol. The molecule has 0 N–H and O–H groups in total. The molecule has 0 heterocycles. The first-order valence-corrected chi connectivity index (χ1v) is 4.45. The number of aldehydes is 1. The van der Waals surface area contributed by atoms with Gasteiger partial charge in [-0.3, -0.25) is 4.79 Å². The average Bonchev–Trinajstić information content (AvgIpc) is 2.12. The van der Waals surface area contributed by atoms with Gasteiger partial charge in [-0.05, 0) is 26.0 Å². The van der Waals surface area contributed by atoms with Crippen LogP contribution in [0.25, 0.3) is 0 Å². The van der Waals surface area contributed by atoms with Crippen LogP contribution in [0.1, 0.15) is 22.8 Å². The number of carbonyl (C=O) groups excluding carboxylic acids is 1. The fourth-order valence-electron chi connectivity index (χ4n) is 1.12. The standard InChI is InChI=1S/C10H11ClO2/c1-3-13-10-7(2)8(6-12)4-5-9(10)11/h4-6H,3H2,1-2H3. The second kappa shape index (κ2) is 4.28. The summed E-state index contributed by atoms with van der Waals surface area (Å²) in [4.78, 5) is 10.6. The van der Waals surface area contributed by atoms with Gasteiger partial charge in [0.25, 0.3) is 0 Å². The summed E-state index contributed by atoms with van der Waals surface area (Å²) >= 11 is 5.90. The lowest BCUT2D eigenvalue weighted by molar-refractivity contribution is 0.112. The Morgan fingerprint density at radius 1 is 1.54 bits per heavy atom. The second-order valence-electron chi connectivity index (χ2n) is 2.64. The van der Waals surface area contributed by atoms with Crippen LogP contribution in [-0.4, -0.2) is 12.9 Å². The maximum atomic E-state index is 10.6. The minimum Gasteiger partial charge on any atom is -0.492 e. The molecule has 0 saturated carbocycles. The molecule has 0 spiro atoms. The Labute approximate surface area is 82.5 Å². The number of benzene rings is 1. The fraction of sp³-hybridized carbons (Fsp3) is 0.300. The molecule has 2 nitrogen and oxygen atoms in total. The van der Waals surface area contributed by atoms with E-state index in [0.29, 0.717) is 22.9 Å². The largest absolute Gasteiger partial charge is 0.492 e. The average molecular weight is 199 g/mol. The smallest absolute Gasteiger partial charge is 0.150 e. The second-order valence-corrected chi connectivity index (χ2v) is 3.05. The van der Waals surface area contributed by atoms with Gasteiger partial charge in [0.15, 0.2) is 0 Å². The summed E-state index contributed by atoms with van der Waals surface area (Å²) in [5, 5.41) is 0.546. The van der Waals surface area contributed by atoms with Crippen LogP contribution in [0.5, 0.6) is 5.75 Å². The number of hydrogen-bond acceptors (Lipinski definition) is 2. The summed E-state index contributed by atoms with van der Waals surface area (Å²) in [5.41, 5.74) is 1.41. The monoisotopic (exact) mass is 198 g/mol. The van der Waals surface area contributed by atoms with Gasteiger partial charge < -0.3 is 4.74 Å². The molecule has 0 unspecified atom stereocenters. The molecule has 0 atom stereocenters. The molecule has 13 heavy (non-hydrogen) atoms. The number of hydrogen-bond donors (Lipinski definition) is 0. The zero-order valence-electron chi connectivity index (χ0n) is 7.63. The lowest BCUT2D eigenvalue weighted by Gasteiger charge is -2.10. The van der Waals surface area contributed by atoms with Crippen LogP contribution in [0, 0.1) is 6.92 Å². The molecule has 1 rings (SSSR count). The van der Waals surface area contributed by atoms with Crippen LogP contribution in [0.4, 0.5) is 0 Å². The highest BCUT2D eigenvalue weighted by atomic mass is 35.5. The normalized spacial score (nSPS) is 9.77. The predicted octanol–water partition coefficient (Wildman–Crippen LogP) is 2.86. The molecule has 0 radical (unpaired) electrons. The van der Waals surface area contributed by atoms with E-state index in [9.17, 15) is 4.79 Å². The molecule has 0 aliphatic rings. The first-order chi connectivity index (χ1) is 6.20. The molecule has 0 aliphatic carbocycles. The SMILES string of the molecule is CCOc1c(Cl)ccc(C=O)c1C. The van der Waals surface area contributed by atoms with E-state index in [1.807, 2.05) is 13.8 Å². The van der Waals surface area contributed by atoms with Crippen molar-refractivity contribution in [2.24, 2.45) is 0 Å². The van der Waals surface area contributed by atoms with Crippen LogP contribution in [0.15, 0.2) is 12.1 Å². The van der Waals surface area contributed by atoms with Crippen molar-refractivity contribution in [2.75, 3.05) is 6.61 Å². The number of rotatable bonds is 3. The molecule has 1 aromatic rings. The molecule has 0 aromatic heterocycles. The van der Waals surface area contributed by atoms with E-state index in [1.165, 1.54) is 0 Å². The van der Waals surface area contributed by atoms with Gasteiger partial charge in [-0.25, -0.2) is 0 Å². The van der Waals surface area contributed by atoms with Crippen LogP contribution >= 0.6 is 11.6 Å². The molecule has 70 valence electrons. The summed E-state index contributed by atoms with van der Waals surface area (Å²) in [6.07, 6.45) is 0.800. The van der Waals surface area contributed by atoms with Gasteiger partial charge in [0.1, 0.15) is 12.0 Å². The summed E-state index contributed by atoms with van der Waals surface area (Å²) < 4.78 is 5.32. The number of halogens is 1. The summed E-state index contributed by atoms with van der Waals surface area (Å²) in [6.45, 7) is 4.24. The van der Waals surface area contributed by atoms with Crippen molar-refractivity contribution in [3.63, 3.8) is 0 Å².